The summed E-state index contributed by atoms with van der Waals surface area (Å²) in [6, 6.07) is 10.4. The molecular weight excluding hydrogens is 420 g/mol. The van der Waals surface area contributed by atoms with Crippen LogP contribution in [0.2, 0.25) is 5.02 Å². The fraction of sp³-hybridized carbons (Fsp3) is 0.238. The van der Waals surface area contributed by atoms with Crippen LogP contribution in [0.5, 0.6) is 11.5 Å². The summed E-state index contributed by atoms with van der Waals surface area (Å²) in [7, 11) is 1.58. The Bertz CT molecular complexity index is 1110. The van der Waals surface area contributed by atoms with Crippen molar-refractivity contribution in [3.63, 3.8) is 0 Å². The molecule has 0 N–H and O–H groups in total. The molecule has 1 aromatic heterocycles. The van der Waals surface area contributed by atoms with Gasteiger partial charge < -0.3 is 18.8 Å². The van der Waals surface area contributed by atoms with Crippen molar-refractivity contribution < 1.29 is 27.5 Å². The van der Waals surface area contributed by atoms with Crippen LogP contribution in [0.15, 0.2) is 51.7 Å². The molecule has 158 valence electrons. The van der Waals surface area contributed by atoms with E-state index in [1.54, 1.807) is 32.2 Å². The van der Waals surface area contributed by atoms with Crippen molar-refractivity contribution >= 4 is 28.5 Å². The van der Waals surface area contributed by atoms with Gasteiger partial charge in [-0.05, 0) is 36.2 Å². The maximum Gasteiger partial charge on any atom is 0.387 e. The van der Waals surface area contributed by atoms with E-state index in [2.05, 4.69) is 4.74 Å². The number of amides is 1. The van der Waals surface area contributed by atoms with E-state index >= 15 is 0 Å². The first-order chi connectivity index (χ1) is 14.2. The number of halogens is 3. The van der Waals surface area contributed by atoms with E-state index in [0.29, 0.717) is 11.0 Å². The lowest BCUT2D eigenvalue weighted by Crippen LogP contribution is -2.31. The van der Waals surface area contributed by atoms with Crippen molar-refractivity contribution in [2.24, 2.45) is 0 Å². The van der Waals surface area contributed by atoms with Crippen LogP contribution in [0.25, 0.3) is 11.0 Å². The molecule has 9 heteroatoms. The van der Waals surface area contributed by atoms with Crippen LogP contribution in [-0.4, -0.2) is 31.1 Å². The minimum Gasteiger partial charge on any atom is -0.482 e. The molecule has 6 nitrogen and oxygen atoms in total. The number of nitrogens with zero attached hydrogens (tertiary/aromatic N) is 1. The molecule has 0 fully saturated rings. The van der Waals surface area contributed by atoms with Crippen LogP contribution in [0.4, 0.5) is 8.78 Å². The monoisotopic (exact) mass is 437 g/mol. The van der Waals surface area contributed by atoms with E-state index < -0.39 is 12.2 Å². The number of carbonyl (C=O) groups excluding carboxylic acids is 1. The summed E-state index contributed by atoms with van der Waals surface area (Å²) in [4.78, 5) is 25.4. The van der Waals surface area contributed by atoms with Gasteiger partial charge in [0.15, 0.2) is 6.61 Å². The number of likely N-dealkylation sites (N-methyl/N-ethyl adjacent to an activating group) is 1. The Morgan fingerprint density at radius 1 is 1.20 bits per heavy atom. The highest BCUT2D eigenvalue weighted by Gasteiger charge is 2.14. The van der Waals surface area contributed by atoms with Crippen molar-refractivity contribution in [2.75, 3.05) is 13.7 Å². The minimum atomic E-state index is -2.89. The maximum atomic E-state index is 12.4. The highest BCUT2D eigenvalue weighted by Crippen LogP contribution is 2.31. The first kappa shape index (κ1) is 21.6. The van der Waals surface area contributed by atoms with Crippen molar-refractivity contribution in [1.82, 2.24) is 4.90 Å². The first-order valence-corrected chi connectivity index (χ1v) is 9.25. The van der Waals surface area contributed by atoms with E-state index in [4.69, 9.17) is 20.8 Å². The van der Waals surface area contributed by atoms with Gasteiger partial charge in [0, 0.05) is 31.1 Å². The smallest absolute Gasteiger partial charge is 0.387 e. The number of carbonyl (C=O) groups is 1. The number of rotatable bonds is 7. The molecule has 0 aliphatic rings. The summed E-state index contributed by atoms with van der Waals surface area (Å²) in [5.74, 6) is -0.0724. The molecule has 0 saturated carbocycles. The second kappa shape index (κ2) is 9.13. The van der Waals surface area contributed by atoms with Gasteiger partial charge in [0.25, 0.3) is 5.91 Å². The molecule has 1 amide bonds. The Morgan fingerprint density at radius 3 is 2.57 bits per heavy atom. The molecule has 3 aromatic rings. The lowest BCUT2D eigenvalue weighted by Gasteiger charge is -2.18. The molecule has 0 aliphatic heterocycles. The molecule has 3 rings (SSSR count). The van der Waals surface area contributed by atoms with E-state index in [1.165, 1.54) is 29.2 Å². The Balaban J connectivity index is 1.63. The molecule has 0 saturated heterocycles. The molecule has 0 bridgehead atoms. The molecule has 0 unspecified atom stereocenters. The number of alkyl halides is 2. The second-order valence-corrected chi connectivity index (χ2v) is 7.00. The van der Waals surface area contributed by atoms with Gasteiger partial charge >= 0.3 is 12.2 Å². The van der Waals surface area contributed by atoms with Crippen LogP contribution in [-0.2, 0) is 11.3 Å². The lowest BCUT2D eigenvalue weighted by atomic mass is 10.1. The van der Waals surface area contributed by atoms with Crippen molar-refractivity contribution in [1.29, 1.82) is 0 Å². The summed E-state index contributed by atoms with van der Waals surface area (Å²) in [6.45, 7) is -1.17. The zero-order valence-electron chi connectivity index (χ0n) is 16.2. The number of fused-ring (bicyclic) bond motifs is 1. The third-order valence-electron chi connectivity index (χ3n) is 4.35. The van der Waals surface area contributed by atoms with E-state index in [9.17, 15) is 18.4 Å². The third-order valence-corrected chi connectivity index (χ3v) is 4.64. The van der Waals surface area contributed by atoms with Gasteiger partial charge in [0.2, 0.25) is 0 Å². The number of hydrogen-bond donors (Lipinski definition) is 0. The predicted molar refractivity (Wildman–Crippen MR) is 107 cm³/mol. The van der Waals surface area contributed by atoms with Gasteiger partial charge in [-0.2, -0.15) is 8.78 Å². The zero-order valence-corrected chi connectivity index (χ0v) is 16.9. The summed E-state index contributed by atoms with van der Waals surface area (Å²) in [5, 5.41) is 0.958. The van der Waals surface area contributed by atoms with Gasteiger partial charge in [0.1, 0.15) is 17.1 Å². The van der Waals surface area contributed by atoms with Gasteiger partial charge in [-0.25, -0.2) is 4.79 Å². The molecule has 0 atom stereocenters. The van der Waals surface area contributed by atoms with E-state index in [0.717, 1.165) is 11.1 Å². The van der Waals surface area contributed by atoms with Gasteiger partial charge in [-0.15, -0.1) is 0 Å². The average molecular weight is 438 g/mol. The lowest BCUT2D eigenvalue weighted by molar-refractivity contribution is -0.132. The fourth-order valence-electron chi connectivity index (χ4n) is 2.82. The average Bonchev–Trinajstić information content (AvgIpc) is 2.68. The van der Waals surface area contributed by atoms with Gasteiger partial charge in [-0.1, -0.05) is 23.7 Å². The minimum absolute atomic E-state index is 0.0406. The zero-order chi connectivity index (χ0) is 21.8. The number of benzene rings is 2. The largest absolute Gasteiger partial charge is 0.482 e. The summed E-state index contributed by atoms with van der Waals surface area (Å²) < 4.78 is 39.4. The van der Waals surface area contributed by atoms with Crippen molar-refractivity contribution in [3.8, 4) is 11.5 Å². The topological polar surface area (TPSA) is 69.0 Å². The fourth-order valence-corrected chi connectivity index (χ4v) is 3.04. The summed E-state index contributed by atoms with van der Waals surface area (Å²) in [5.41, 5.74) is 1.27. The molecule has 1 heterocycles. The Labute approximate surface area is 175 Å². The van der Waals surface area contributed by atoms with Crippen LogP contribution in [0, 0.1) is 6.92 Å². The molecule has 0 aliphatic carbocycles. The third kappa shape index (κ3) is 5.27. The van der Waals surface area contributed by atoms with Crippen molar-refractivity contribution in [3.05, 3.63) is 69.0 Å². The number of ether oxygens (including phenoxy) is 2. The SMILES string of the molecule is Cc1cc(=O)oc2cc(OCC(=O)N(C)Cc3ccc(OC(F)F)cc3)c(Cl)cc12. The Kier molecular flexibility index (Phi) is 6.56. The summed E-state index contributed by atoms with van der Waals surface area (Å²) in [6.07, 6.45) is 0. The number of aryl methyl sites for hydroxylation is 1. The van der Waals surface area contributed by atoms with E-state index in [-0.39, 0.29) is 35.6 Å². The Morgan fingerprint density at radius 2 is 1.90 bits per heavy atom. The van der Waals surface area contributed by atoms with Crippen molar-refractivity contribution in [2.45, 2.75) is 20.1 Å². The van der Waals surface area contributed by atoms with Gasteiger partial charge in [0.05, 0.1) is 5.02 Å². The molecule has 2 aromatic carbocycles. The number of hydrogen-bond acceptors (Lipinski definition) is 5. The van der Waals surface area contributed by atoms with Crippen LogP contribution >= 0.6 is 11.6 Å². The summed E-state index contributed by atoms with van der Waals surface area (Å²) >= 11 is 6.22. The van der Waals surface area contributed by atoms with E-state index in [1.807, 2.05) is 0 Å². The van der Waals surface area contributed by atoms with Crippen LogP contribution in [0.3, 0.4) is 0 Å². The highest BCUT2D eigenvalue weighted by atomic mass is 35.5. The van der Waals surface area contributed by atoms with Crippen LogP contribution in [0.1, 0.15) is 11.1 Å². The van der Waals surface area contributed by atoms with Gasteiger partial charge in [-0.3, -0.25) is 4.79 Å². The Hall–Kier alpha value is -3.13. The molecule has 0 spiro atoms. The highest BCUT2D eigenvalue weighted by molar-refractivity contribution is 6.32. The standard InChI is InChI=1S/C21H18ClF2NO5/c1-12-7-20(27)30-17-9-18(16(22)8-15(12)17)28-11-19(26)25(2)10-13-3-5-14(6-4-13)29-21(23)24/h3-9,21H,10-11H2,1-2H3. The normalized spacial score (nSPS) is 11.0. The molecule has 0 radical (unpaired) electrons. The molecule has 30 heavy (non-hydrogen) atoms. The molecular formula is C21H18ClF2NO5. The second-order valence-electron chi connectivity index (χ2n) is 6.59. The predicted octanol–water partition coefficient (Wildman–Crippen LogP) is 4.39. The first-order valence-electron chi connectivity index (χ1n) is 8.87. The van der Waals surface area contributed by atoms with Crippen LogP contribution < -0.4 is 15.1 Å². The quantitative estimate of drug-likeness (QED) is 0.513. The maximum absolute atomic E-state index is 12.4.